The highest BCUT2D eigenvalue weighted by Crippen LogP contribution is 2.43. The number of aromatic nitrogens is 1. The van der Waals surface area contributed by atoms with E-state index in [1.165, 1.54) is 25.7 Å². The second kappa shape index (κ2) is 4.60. The maximum Gasteiger partial charge on any atom is 0.228 e. The number of benzene rings is 1. The highest BCUT2D eigenvalue weighted by molar-refractivity contribution is 5.97. The number of carbonyl (C=O) groups is 1. The van der Waals surface area contributed by atoms with Crippen molar-refractivity contribution in [1.82, 2.24) is 4.57 Å². The quantitative estimate of drug-likeness (QED) is 0.834. The van der Waals surface area contributed by atoms with E-state index in [2.05, 4.69) is 6.07 Å². The fourth-order valence-corrected chi connectivity index (χ4v) is 1.94. The van der Waals surface area contributed by atoms with Gasteiger partial charge in [-0.15, -0.1) is 0 Å². The molecule has 5 nitrogen and oxygen atoms in total. The molecule has 2 rings (SSSR count). The number of hydrogen-bond donors (Lipinski definition) is 0. The predicted octanol–water partition coefficient (Wildman–Crippen LogP) is 2.13. The summed E-state index contributed by atoms with van der Waals surface area (Å²) < 4.78 is 17.3. The first-order chi connectivity index (χ1) is 8.63. The minimum absolute atomic E-state index is 0.119. The fourth-order valence-electron chi connectivity index (χ4n) is 1.94. The molecule has 5 heteroatoms. The van der Waals surface area contributed by atoms with Crippen LogP contribution in [0, 0.1) is 6.07 Å². The SMILES string of the molecule is COc1cc2[c]cn(C(C)=O)c2c(OC)c1OC. The molecule has 2 aromatic rings. The normalized spacial score (nSPS) is 10.4. The van der Waals surface area contributed by atoms with E-state index >= 15 is 0 Å². The van der Waals surface area contributed by atoms with Crippen LogP contribution in [-0.4, -0.2) is 31.8 Å². The highest BCUT2D eigenvalue weighted by Gasteiger charge is 2.19. The second-order valence-electron chi connectivity index (χ2n) is 3.70. The Morgan fingerprint density at radius 2 is 1.83 bits per heavy atom. The van der Waals surface area contributed by atoms with Gasteiger partial charge in [0.15, 0.2) is 11.5 Å². The van der Waals surface area contributed by atoms with Gasteiger partial charge in [-0.25, -0.2) is 0 Å². The lowest BCUT2D eigenvalue weighted by Crippen LogP contribution is -2.05. The van der Waals surface area contributed by atoms with Crippen molar-refractivity contribution in [2.45, 2.75) is 6.92 Å². The molecular formula is C13H14NO4. The molecule has 0 saturated carbocycles. The van der Waals surface area contributed by atoms with Crippen LogP contribution in [-0.2, 0) is 0 Å². The third-order valence-electron chi connectivity index (χ3n) is 2.73. The van der Waals surface area contributed by atoms with E-state index in [0.29, 0.717) is 22.8 Å². The summed E-state index contributed by atoms with van der Waals surface area (Å²) >= 11 is 0. The Morgan fingerprint density at radius 3 is 2.33 bits per heavy atom. The third kappa shape index (κ3) is 1.68. The van der Waals surface area contributed by atoms with Crippen molar-refractivity contribution in [2.75, 3.05) is 21.3 Å². The average Bonchev–Trinajstić information content (AvgIpc) is 2.79. The Bertz CT molecular complexity index is 601. The summed E-state index contributed by atoms with van der Waals surface area (Å²) in [5.41, 5.74) is 0.627. The van der Waals surface area contributed by atoms with Crippen LogP contribution in [0.15, 0.2) is 12.3 Å². The number of fused-ring (bicyclic) bond motifs is 1. The first-order valence-electron chi connectivity index (χ1n) is 5.36. The van der Waals surface area contributed by atoms with E-state index < -0.39 is 0 Å². The summed E-state index contributed by atoms with van der Waals surface area (Å²) in [6.07, 6.45) is 1.58. The largest absolute Gasteiger partial charge is 0.493 e. The van der Waals surface area contributed by atoms with Crippen LogP contribution in [0.4, 0.5) is 0 Å². The smallest absolute Gasteiger partial charge is 0.228 e. The summed E-state index contributed by atoms with van der Waals surface area (Å²) in [4.78, 5) is 11.6. The molecule has 95 valence electrons. The zero-order valence-corrected chi connectivity index (χ0v) is 10.7. The Hall–Kier alpha value is -2.17. The van der Waals surface area contributed by atoms with Crippen LogP contribution in [0.2, 0.25) is 0 Å². The van der Waals surface area contributed by atoms with Gasteiger partial charge in [-0.3, -0.25) is 9.36 Å². The van der Waals surface area contributed by atoms with E-state index in [9.17, 15) is 4.79 Å². The van der Waals surface area contributed by atoms with Crippen LogP contribution in [0.5, 0.6) is 17.2 Å². The monoisotopic (exact) mass is 248 g/mol. The van der Waals surface area contributed by atoms with Gasteiger partial charge in [-0.05, 0) is 6.07 Å². The summed E-state index contributed by atoms with van der Waals surface area (Å²) in [6.45, 7) is 1.48. The van der Waals surface area contributed by atoms with Crippen LogP contribution >= 0.6 is 0 Å². The molecule has 0 N–H and O–H groups in total. The van der Waals surface area contributed by atoms with Crippen LogP contribution < -0.4 is 14.2 Å². The van der Waals surface area contributed by atoms with Crippen LogP contribution in [0.1, 0.15) is 11.7 Å². The zero-order chi connectivity index (χ0) is 13.3. The summed E-state index contributed by atoms with van der Waals surface area (Å²) in [5, 5.41) is 0.736. The molecule has 0 spiro atoms. The first-order valence-corrected chi connectivity index (χ1v) is 5.36. The van der Waals surface area contributed by atoms with Crippen molar-refractivity contribution in [3.8, 4) is 17.2 Å². The van der Waals surface area contributed by atoms with Gasteiger partial charge in [-0.2, -0.15) is 0 Å². The standard InChI is InChI=1S/C13H14NO4/c1-8(15)14-6-5-9-7-10(16-2)12(17-3)13(18-4)11(9)14/h6-7H,1-4H3. The maximum absolute atomic E-state index is 11.6. The number of methoxy groups -OCH3 is 3. The molecule has 0 aliphatic carbocycles. The van der Waals surface area contributed by atoms with Gasteiger partial charge in [0.1, 0.15) is 5.52 Å². The molecule has 0 saturated heterocycles. The average molecular weight is 248 g/mol. The molecule has 1 aromatic heterocycles. The molecule has 0 amide bonds. The van der Waals surface area contributed by atoms with E-state index in [1.54, 1.807) is 19.4 Å². The van der Waals surface area contributed by atoms with Gasteiger partial charge in [0.25, 0.3) is 0 Å². The molecule has 0 atom stereocenters. The minimum Gasteiger partial charge on any atom is -0.493 e. The van der Waals surface area contributed by atoms with Gasteiger partial charge in [0, 0.05) is 24.6 Å². The van der Waals surface area contributed by atoms with E-state index in [0.717, 1.165) is 5.39 Å². The number of nitrogens with zero attached hydrogens (tertiary/aromatic N) is 1. The molecule has 0 aliphatic rings. The number of ether oxygens (including phenoxy) is 3. The van der Waals surface area contributed by atoms with Crippen molar-refractivity contribution < 1.29 is 19.0 Å². The van der Waals surface area contributed by atoms with Crippen LogP contribution in [0.3, 0.4) is 0 Å². The van der Waals surface area contributed by atoms with Gasteiger partial charge < -0.3 is 14.2 Å². The molecule has 0 fully saturated rings. The van der Waals surface area contributed by atoms with Crippen molar-refractivity contribution in [3.05, 3.63) is 18.3 Å². The Labute approximate surface area is 105 Å². The molecule has 0 unspecified atom stereocenters. The Morgan fingerprint density at radius 1 is 1.17 bits per heavy atom. The van der Waals surface area contributed by atoms with Crippen molar-refractivity contribution in [1.29, 1.82) is 0 Å². The highest BCUT2D eigenvalue weighted by atomic mass is 16.5. The summed E-state index contributed by atoms with van der Waals surface area (Å²) in [7, 11) is 4.59. The van der Waals surface area contributed by atoms with Crippen molar-refractivity contribution in [2.24, 2.45) is 0 Å². The van der Waals surface area contributed by atoms with Crippen LogP contribution in [0.25, 0.3) is 10.9 Å². The van der Waals surface area contributed by atoms with Crippen molar-refractivity contribution >= 4 is 16.8 Å². The number of carbonyl (C=O) groups excluding carboxylic acids is 1. The molecular weight excluding hydrogens is 234 g/mol. The lowest BCUT2D eigenvalue weighted by molar-refractivity contribution is 0.0941. The molecule has 0 aliphatic heterocycles. The Balaban J connectivity index is 2.87. The van der Waals surface area contributed by atoms with Gasteiger partial charge in [-0.1, -0.05) is 0 Å². The number of hydrogen-bond acceptors (Lipinski definition) is 4. The van der Waals surface area contributed by atoms with Gasteiger partial charge >= 0.3 is 0 Å². The second-order valence-corrected chi connectivity index (χ2v) is 3.70. The predicted molar refractivity (Wildman–Crippen MR) is 66.7 cm³/mol. The molecule has 1 heterocycles. The number of rotatable bonds is 3. The Kier molecular flexibility index (Phi) is 3.14. The van der Waals surface area contributed by atoms with Crippen molar-refractivity contribution in [3.63, 3.8) is 0 Å². The van der Waals surface area contributed by atoms with Gasteiger partial charge in [0.2, 0.25) is 11.7 Å². The molecule has 0 bridgehead atoms. The van der Waals surface area contributed by atoms with E-state index in [1.807, 2.05) is 0 Å². The molecule has 18 heavy (non-hydrogen) atoms. The third-order valence-corrected chi connectivity index (χ3v) is 2.73. The van der Waals surface area contributed by atoms with Gasteiger partial charge in [0.05, 0.1) is 21.3 Å². The first kappa shape index (κ1) is 12.3. The molecule has 1 aromatic carbocycles. The summed E-state index contributed by atoms with van der Waals surface area (Å²) in [6, 6.07) is 4.76. The zero-order valence-electron chi connectivity index (χ0n) is 10.7. The van der Waals surface area contributed by atoms with E-state index in [-0.39, 0.29) is 5.91 Å². The summed E-state index contributed by atoms with van der Waals surface area (Å²) in [5.74, 6) is 1.34. The lowest BCUT2D eigenvalue weighted by Gasteiger charge is -2.14. The molecule has 1 radical (unpaired) electrons. The van der Waals surface area contributed by atoms with E-state index in [4.69, 9.17) is 14.2 Å². The minimum atomic E-state index is -0.119. The lowest BCUT2D eigenvalue weighted by atomic mass is 10.2. The topological polar surface area (TPSA) is 49.7 Å². The fraction of sp³-hybridized carbons (Fsp3) is 0.308. The maximum atomic E-state index is 11.6.